The first-order valence-electron chi connectivity index (χ1n) is 6.61. The molecule has 0 N–H and O–H groups in total. The second-order valence-corrected chi connectivity index (χ2v) is 4.67. The fraction of sp³-hybridized carbons (Fsp3) is 0.846. The SMILES string of the molecule is CC(=O)OCCCCC(C)C(=O)N1CCOCC1. The summed E-state index contributed by atoms with van der Waals surface area (Å²) in [6.45, 7) is 6.52. The van der Waals surface area contributed by atoms with Gasteiger partial charge in [-0.2, -0.15) is 0 Å². The third-order valence-corrected chi connectivity index (χ3v) is 3.08. The van der Waals surface area contributed by atoms with Crippen LogP contribution in [-0.2, 0) is 19.1 Å². The van der Waals surface area contributed by atoms with Crippen molar-refractivity contribution in [1.29, 1.82) is 0 Å². The minimum atomic E-state index is -0.243. The lowest BCUT2D eigenvalue weighted by Gasteiger charge is -2.29. The van der Waals surface area contributed by atoms with Crippen molar-refractivity contribution in [2.24, 2.45) is 5.92 Å². The summed E-state index contributed by atoms with van der Waals surface area (Å²) in [7, 11) is 0. The number of unbranched alkanes of at least 4 members (excludes halogenated alkanes) is 1. The Kier molecular flexibility index (Phi) is 6.72. The van der Waals surface area contributed by atoms with Crippen molar-refractivity contribution in [3.05, 3.63) is 0 Å². The lowest BCUT2D eigenvalue weighted by Crippen LogP contribution is -2.43. The zero-order valence-corrected chi connectivity index (χ0v) is 11.3. The summed E-state index contributed by atoms with van der Waals surface area (Å²) < 4.78 is 10.1. The first-order valence-corrected chi connectivity index (χ1v) is 6.61. The van der Waals surface area contributed by atoms with Crippen molar-refractivity contribution in [3.8, 4) is 0 Å². The van der Waals surface area contributed by atoms with E-state index in [9.17, 15) is 9.59 Å². The molecule has 0 spiro atoms. The van der Waals surface area contributed by atoms with E-state index in [0.29, 0.717) is 32.9 Å². The van der Waals surface area contributed by atoms with Gasteiger partial charge in [0.2, 0.25) is 5.91 Å². The number of esters is 1. The van der Waals surface area contributed by atoms with Gasteiger partial charge in [-0.1, -0.05) is 6.92 Å². The Labute approximate surface area is 108 Å². The third-order valence-electron chi connectivity index (χ3n) is 3.08. The molecule has 0 saturated carbocycles. The van der Waals surface area contributed by atoms with Gasteiger partial charge in [-0.25, -0.2) is 0 Å². The smallest absolute Gasteiger partial charge is 0.302 e. The van der Waals surface area contributed by atoms with E-state index in [2.05, 4.69) is 0 Å². The number of amides is 1. The van der Waals surface area contributed by atoms with Crippen molar-refractivity contribution < 1.29 is 19.1 Å². The number of nitrogens with zero attached hydrogens (tertiary/aromatic N) is 1. The van der Waals surface area contributed by atoms with E-state index < -0.39 is 0 Å². The van der Waals surface area contributed by atoms with Gasteiger partial charge in [0.1, 0.15) is 0 Å². The topological polar surface area (TPSA) is 55.8 Å². The molecular weight excluding hydrogens is 234 g/mol. The van der Waals surface area contributed by atoms with Crippen LogP contribution in [0.5, 0.6) is 0 Å². The Balaban J connectivity index is 2.13. The van der Waals surface area contributed by atoms with E-state index in [-0.39, 0.29) is 17.8 Å². The predicted octanol–water partition coefficient (Wildman–Crippen LogP) is 1.21. The zero-order valence-electron chi connectivity index (χ0n) is 11.3. The van der Waals surface area contributed by atoms with Crippen LogP contribution in [0.1, 0.15) is 33.1 Å². The molecule has 1 aliphatic heterocycles. The molecule has 1 atom stereocenters. The maximum Gasteiger partial charge on any atom is 0.302 e. The largest absolute Gasteiger partial charge is 0.466 e. The maximum atomic E-state index is 12.1. The van der Waals surface area contributed by atoms with E-state index in [0.717, 1.165) is 19.3 Å². The fourth-order valence-electron chi connectivity index (χ4n) is 1.99. The minimum Gasteiger partial charge on any atom is -0.466 e. The normalized spacial score (nSPS) is 17.3. The van der Waals surface area contributed by atoms with Gasteiger partial charge in [-0.15, -0.1) is 0 Å². The highest BCUT2D eigenvalue weighted by Gasteiger charge is 2.21. The van der Waals surface area contributed by atoms with E-state index in [1.54, 1.807) is 0 Å². The van der Waals surface area contributed by atoms with Crippen LogP contribution >= 0.6 is 0 Å². The summed E-state index contributed by atoms with van der Waals surface area (Å²) in [6, 6.07) is 0. The van der Waals surface area contributed by atoms with Crippen LogP contribution in [0.25, 0.3) is 0 Å². The Morgan fingerprint density at radius 3 is 2.56 bits per heavy atom. The average molecular weight is 257 g/mol. The Bertz CT molecular complexity index is 274. The number of ether oxygens (including phenoxy) is 2. The molecule has 0 aromatic heterocycles. The number of hydrogen-bond acceptors (Lipinski definition) is 4. The number of carbonyl (C=O) groups excluding carboxylic acids is 2. The van der Waals surface area contributed by atoms with Gasteiger partial charge in [0.25, 0.3) is 0 Å². The van der Waals surface area contributed by atoms with Gasteiger partial charge >= 0.3 is 5.97 Å². The van der Waals surface area contributed by atoms with Crippen LogP contribution in [0, 0.1) is 5.92 Å². The summed E-state index contributed by atoms with van der Waals surface area (Å²) in [4.78, 5) is 24.5. The van der Waals surface area contributed by atoms with Gasteiger partial charge in [-0.3, -0.25) is 9.59 Å². The van der Waals surface area contributed by atoms with Crippen LogP contribution in [0.2, 0.25) is 0 Å². The summed E-state index contributed by atoms with van der Waals surface area (Å²) in [6.07, 6.45) is 2.57. The molecule has 0 aliphatic carbocycles. The quantitative estimate of drug-likeness (QED) is 0.530. The summed E-state index contributed by atoms with van der Waals surface area (Å²) in [5.41, 5.74) is 0. The standard InChI is InChI=1S/C13H23NO4/c1-11(5-3-4-8-18-12(2)15)13(16)14-6-9-17-10-7-14/h11H,3-10H2,1-2H3. The van der Waals surface area contributed by atoms with Gasteiger partial charge < -0.3 is 14.4 Å². The molecular formula is C13H23NO4. The molecule has 1 saturated heterocycles. The van der Waals surface area contributed by atoms with E-state index in [1.807, 2.05) is 11.8 Å². The van der Waals surface area contributed by atoms with E-state index in [1.165, 1.54) is 6.92 Å². The molecule has 0 aromatic rings. The summed E-state index contributed by atoms with van der Waals surface area (Å²) >= 11 is 0. The molecule has 104 valence electrons. The maximum absolute atomic E-state index is 12.1. The van der Waals surface area contributed by atoms with Gasteiger partial charge in [0, 0.05) is 25.9 Å². The molecule has 0 radical (unpaired) electrons. The Morgan fingerprint density at radius 1 is 1.28 bits per heavy atom. The second kappa shape index (κ2) is 8.08. The van der Waals surface area contributed by atoms with Crippen molar-refractivity contribution in [3.63, 3.8) is 0 Å². The van der Waals surface area contributed by atoms with E-state index in [4.69, 9.17) is 9.47 Å². The number of carbonyl (C=O) groups is 2. The zero-order chi connectivity index (χ0) is 13.4. The highest BCUT2D eigenvalue weighted by Crippen LogP contribution is 2.12. The lowest BCUT2D eigenvalue weighted by molar-refractivity contribution is -0.142. The van der Waals surface area contributed by atoms with Crippen LogP contribution in [0.4, 0.5) is 0 Å². The molecule has 1 heterocycles. The van der Waals surface area contributed by atoms with Crippen molar-refractivity contribution in [1.82, 2.24) is 4.90 Å². The molecule has 1 aliphatic rings. The lowest BCUT2D eigenvalue weighted by atomic mass is 10.0. The molecule has 5 nitrogen and oxygen atoms in total. The van der Waals surface area contributed by atoms with Crippen LogP contribution < -0.4 is 0 Å². The minimum absolute atomic E-state index is 0.0421. The molecule has 1 unspecified atom stereocenters. The third kappa shape index (κ3) is 5.49. The van der Waals surface area contributed by atoms with Crippen molar-refractivity contribution in [2.75, 3.05) is 32.9 Å². The second-order valence-electron chi connectivity index (χ2n) is 4.67. The summed E-state index contributed by atoms with van der Waals surface area (Å²) in [5.74, 6) is 0.0126. The Morgan fingerprint density at radius 2 is 1.94 bits per heavy atom. The number of hydrogen-bond donors (Lipinski definition) is 0. The predicted molar refractivity (Wildman–Crippen MR) is 67.0 cm³/mol. The highest BCUT2D eigenvalue weighted by molar-refractivity contribution is 5.78. The monoisotopic (exact) mass is 257 g/mol. The number of rotatable bonds is 6. The molecule has 0 aromatic carbocycles. The van der Waals surface area contributed by atoms with Crippen molar-refractivity contribution >= 4 is 11.9 Å². The molecule has 1 amide bonds. The average Bonchev–Trinajstić information content (AvgIpc) is 2.38. The van der Waals surface area contributed by atoms with Crippen LogP contribution in [0.3, 0.4) is 0 Å². The molecule has 1 rings (SSSR count). The van der Waals surface area contributed by atoms with E-state index >= 15 is 0 Å². The Hall–Kier alpha value is -1.10. The molecule has 5 heteroatoms. The number of morpholine rings is 1. The molecule has 1 fully saturated rings. The first-order chi connectivity index (χ1) is 8.61. The van der Waals surface area contributed by atoms with Gasteiger partial charge in [0.05, 0.1) is 19.8 Å². The highest BCUT2D eigenvalue weighted by atomic mass is 16.5. The van der Waals surface area contributed by atoms with Crippen LogP contribution in [0.15, 0.2) is 0 Å². The van der Waals surface area contributed by atoms with Gasteiger partial charge in [-0.05, 0) is 19.3 Å². The van der Waals surface area contributed by atoms with Gasteiger partial charge in [0.15, 0.2) is 0 Å². The van der Waals surface area contributed by atoms with Crippen LogP contribution in [-0.4, -0.2) is 49.7 Å². The first kappa shape index (κ1) is 15.0. The molecule has 0 bridgehead atoms. The summed E-state index contributed by atoms with van der Waals surface area (Å²) in [5, 5.41) is 0. The van der Waals surface area contributed by atoms with Crippen molar-refractivity contribution in [2.45, 2.75) is 33.1 Å². The molecule has 18 heavy (non-hydrogen) atoms. The fourth-order valence-corrected chi connectivity index (χ4v) is 1.99.